The Hall–Kier alpha value is -2.72. The Morgan fingerprint density at radius 1 is 0.840 bits per heavy atom. The summed E-state index contributed by atoms with van der Waals surface area (Å²) in [5.41, 5.74) is 1.96. The maximum Gasteiger partial charge on any atom is 0.234 e. The van der Waals surface area contributed by atoms with Crippen molar-refractivity contribution in [2.75, 3.05) is 11.1 Å². The Morgan fingerprint density at radius 2 is 1.52 bits per heavy atom. The van der Waals surface area contributed by atoms with Crippen LogP contribution in [0, 0.1) is 0 Å². The fraction of sp³-hybridized carbons (Fsp3) is 0.0952. The summed E-state index contributed by atoms with van der Waals surface area (Å²) >= 11 is 1.58. The minimum Gasteiger partial charge on any atom is -0.457 e. The molecule has 3 rings (SSSR count). The van der Waals surface area contributed by atoms with Crippen molar-refractivity contribution in [1.82, 2.24) is 0 Å². The van der Waals surface area contributed by atoms with Crippen LogP contribution in [-0.4, -0.2) is 11.7 Å². The number of hydrogen-bond donors (Lipinski definition) is 1. The summed E-state index contributed by atoms with van der Waals surface area (Å²) < 4.78 is 5.84. The second-order valence-corrected chi connectivity index (χ2v) is 6.46. The van der Waals surface area contributed by atoms with Crippen molar-refractivity contribution < 1.29 is 9.53 Å². The molecular formula is C21H19NO2S. The minimum atomic E-state index is 0.00731. The van der Waals surface area contributed by atoms with Crippen molar-refractivity contribution in [3.05, 3.63) is 90.5 Å². The fourth-order valence-electron chi connectivity index (χ4n) is 2.30. The lowest BCUT2D eigenvalue weighted by Gasteiger charge is -2.08. The van der Waals surface area contributed by atoms with Gasteiger partial charge in [-0.15, -0.1) is 11.8 Å². The molecular weight excluding hydrogens is 330 g/mol. The summed E-state index contributed by atoms with van der Waals surface area (Å²) in [4.78, 5) is 12.0. The standard InChI is InChI=1S/C21H19NO2S/c23-21(22-18-9-3-1-4-10-18)16-25-15-17-8-7-13-20(14-17)24-19-11-5-2-6-12-19/h1-14H,15-16H2,(H,22,23). The topological polar surface area (TPSA) is 38.3 Å². The van der Waals surface area contributed by atoms with Gasteiger partial charge in [-0.2, -0.15) is 0 Å². The van der Waals surface area contributed by atoms with Crippen molar-refractivity contribution >= 4 is 23.4 Å². The smallest absolute Gasteiger partial charge is 0.234 e. The lowest BCUT2D eigenvalue weighted by molar-refractivity contribution is -0.113. The molecule has 0 bridgehead atoms. The normalized spacial score (nSPS) is 10.2. The van der Waals surface area contributed by atoms with E-state index >= 15 is 0 Å². The molecule has 0 aliphatic carbocycles. The third kappa shape index (κ3) is 5.69. The van der Waals surface area contributed by atoms with Crippen LogP contribution in [-0.2, 0) is 10.5 Å². The largest absolute Gasteiger partial charge is 0.457 e. The zero-order valence-electron chi connectivity index (χ0n) is 13.7. The molecule has 25 heavy (non-hydrogen) atoms. The number of carbonyl (C=O) groups is 1. The summed E-state index contributed by atoms with van der Waals surface area (Å²) in [6.45, 7) is 0. The summed E-state index contributed by atoms with van der Waals surface area (Å²) in [6.07, 6.45) is 0. The van der Waals surface area contributed by atoms with Crippen molar-refractivity contribution in [2.24, 2.45) is 0 Å². The number of para-hydroxylation sites is 2. The Labute approximate surface area is 152 Å². The lowest BCUT2D eigenvalue weighted by Crippen LogP contribution is -2.13. The first kappa shape index (κ1) is 17.1. The highest BCUT2D eigenvalue weighted by molar-refractivity contribution is 7.99. The summed E-state index contributed by atoms with van der Waals surface area (Å²) in [6, 6.07) is 27.2. The van der Waals surface area contributed by atoms with Crippen LogP contribution in [0.5, 0.6) is 11.5 Å². The van der Waals surface area contributed by atoms with Gasteiger partial charge >= 0.3 is 0 Å². The lowest BCUT2D eigenvalue weighted by atomic mass is 10.2. The third-order valence-electron chi connectivity index (χ3n) is 3.44. The van der Waals surface area contributed by atoms with Gasteiger partial charge in [0.1, 0.15) is 11.5 Å². The van der Waals surface area contributed by atoms with E-state index in [1.54, 1.807) is 11.8 Å². The van der Waals surface area contributed by atoms with Crippen molar-refractivity contribution in [3.63, 3.8) is 0 Å². The minimum absolute atomic E-state index is 0.00731. The van der Waals surface area contributed by atoms with E-state index in [2.05, 4.69) is 5.32 Å². The SMILES string of the molecule is O=C(CSCc1cccc(Oc2ccccc2)c1)Nc1ccccc1. The first-order chi connectivity index (χ1) is 12.3. The number of nitrogens with one attached hydrogen (secondary N) is 1. The van der Waals surface area contributed by atoms with Gasteiger partial charge in [0.25, 0.3) is 0 Å². The van der Waals surface area contributed by atoms with Crippen molar-refractivity contribution in [3.8, 4) is 11.5 Å². The van der Waals surface area contributed by atoms with Crippen LogP contribution in [0.1, 0.15) is 5.56 Å². The van der Waals surface area contributed by atoms with Gasteiger partial charge in [0.05, 0.1) is 5.75 Å². The molecule has 0 aliphatic rings. The number of rotatable bonds is 7. The second-order valence-electron chi connectivity index (χ2n) is 5.47. The van der Waals surface area contributed by atoms with Crippen LogP contribution >= 0.6 is 11.8 Å². The predicted molar refractivity (Wildman–Crippen MR) is 104 cm³/mol. The summed E-state index contributed by atoms with van der Waals surface area (Å²) in [5, 5.41) is 2.89. The van der Waals surface area contributed by atoms with E-state index in [1.807, 2.05) is 84.9 Å². The van der Waals surface area contributed by atoms with Crippen LogP contribution in [0.2, 0.25) is 0 Å². The number of anilines is 1. The van der Waals surface area contributed by atoms with Crippen LogP contribution in [0.15, 0.2) is 84.9 Å². The van der Waals surface area contributed by atoms with Gasteiger partial charge in [0.15, 0.2) is 0 Å². The van der Waals surface area contributed by atoms with Crippen molar-refractivity contribution in [1.29, 1.82) is 0 Å². The Morgan fingerprint density at radius 3 is 2.28 bits per heavy atom. The Kier molecular flexibility index (Phi) is 6.12. The average molecular weight is 349 g/mol. The second kappa shape index (κ2) is 8.94. The Balaban J connectivity index is 1.48. The van der Waals surface area contributed by atoms with Gasteiger partial charge in [0, 0.05) is 11.4 Å². The molecule has 0 unspecified atom stereocenters. The van der Waals surface area contributed by atoms with Crippen LogP contribution < -0.4 is 10.1 Å². The van der Waals surface area contributed by atoms with Gasteiger partial charge in [0.2, 0.25) is 5.91 Å². The molecule has 0 atom stereocenters. The van der Waals surface area contributed by atoms with E-state index in [0.29, 0.717) is 5.75 Å². The maximum absolute atomic E-state index is 12.0. The predicted octanol–water partition coefficient (Wildman–Crippen LogP) is 5.35. The quantitative estimate of drug-likeness (QED) is 0.625. The van der Waals surface area contributed by atoms with E-state index in [9.17, 15) is 4.79 Å². The molecule has 3 aromatic rings. The average Bonchev–Trinajstić information content (AvgIpc) is 2.64. The summed E-state index contributed by atoms with van der Waals surface area (Å²) in [5.74, 6) is 2.80. The molecule has 0 saturated heterocycles. The summed E-state index contributed by atoms with van der Waals surface area (Å²) in [7, 11) is 0. The van der Waals surface area contributed by atoms with Gasteiger partial charge in [-0.25, -0.2) is 0 Å². The highest BCUT2D eigenvalue weighted by atomic mass is 32.2. The maximum atomic E-state index is 12.0. The zero-order valence-corrected chi connectivity index (χ0v) is 14.5. The molecule has 3 nitrogen and oxygen atoms in total. The number of carbonyl (C=O) groups excluding carboxylic acids is 1. The number of hydrogen-bond acceptors (Lipinski definition) is 3. The first-order valence-corrected chi connectivity index (χ1v) is 9.19. The van der Waals surface area contributed by atoms with E-state index in [1.165, 1.54) is 0 Å². The molecule has 0 saturated carbocycles. The molecule has 0 aromatic heterocycles. The van der Waals surface area contributed by atoms with Crippen LogP contribution in [0.3, 0.4) is 0 Å². The Bertz CT molecular complexity index is 806. The molecule has 4 heteroatoms. The van der Waals surface area contributed by atoms with E-state index in [-0.39, 0.29) is 5.91 Å². The number of thioether (sulfide) groups is 1. The van der Waals surface area contributed by atoms with Gasteiger partial charge in [-0.3, -0.25) is 4.79 Å². The first-order valence-electron chi connectivity index (χ1n) is 8.04. The molecule has 0 radical (unpaired) electrons. The number of amides is 1. The molecule has 3 aromatic carbocycles. The van der Waals surface area contributed by atoms with Gasteiger partial charge < -0.3 is 10.1 Å². The molecule has 0 heterocycles. The van der Waals surface area contributed by atoms with E-state index in [0.717, 1.165) is 28.5 Å². The highest BCUT2D eigenvalue weighted by Gasteiger charge is 2.04. The van der Waals surface area contributed by atoms with Gasteiger partial charge in [-0.1, -0.05) is 48.5 Å². The third-order valence-corrected chi connectivity index (χ3v) is 4.44. The molecule has 126 valence electrons. The molecule has 1 N–H and O–H groups in total. The highest BCUT2D eigenvalue weighted by Crippen LogP contribution is 2.23. The zero-order chi connectivity index (χ0) is 17.3. The van der Waals surface area contributed by atoms with Crippen molar-refractivity contribution in [2.45, 2.75) is 5.75 Å². The van der Waals surface area contributed by atoms with E-state index < -0.39 is 0 Å². The number of benzene rings is 3. The monoisotopic (exact) mass is 349 g/mol. The van der Waals surface area contributed by atoms with Crippen LogP contribution in [0.25, 0.3) is 0 Å². The fourth-order valence-corrected chi connectivity index (χ4v) is 3.08. The number of ether oxygens (including phenoxy) is 1. The molecule has 1 amide bonds. The molecule has 0 spiro atoms. The molecule has 0 fully saturated rings. The van der Waals surface area contributed by atoms with E-state index in [4.69, 9.17) is 4.74 Å². The van der Waals surface area contributed by atoms with Crippen LogP contribution in [0.4, 0.5) is 5.69 Å². The van der Waals surface area contributed by atoms with Gasteiger partial charge in [-0.05, 0) is 42.0 Å². The molecule has 0 aliphatic heterocycles.